The molecule has 2 rings (SSSR count). The third kappa shape index (κ3) is 9.18. The van der Waals surface area contributed by atoms with Crippen LogP contribution >= 0.6 is 0 Å². The minimum absolute atomic E-state index is 0.115. The number of rotatable bonds is 13. The first-order chi connectivity index (χ1) is 15.5. The van der Waals surface area contributed by atoms with E-state index in [1.807, 2.05) is 44.2 Å². The lowest BCUT2D eigenvalue weighted by Crippen LogP contribution is -2.50. The molecule has 0 bridgehead atoms. The van der Waals surface area contributed by atoms with Crippen LogP contribution in [0.1, 0.15) is 29.8 Å². The fraction of sp³-hybridized carbons (Fsp3) is 0.375. The maximum atomic E-state index is 12.4. The van der Waals surface area contributed by atoms with Crippen molar-refractivity contribution >= 4 is 18.3 Å². The fourth-order valence-corrected chi connectivity index (χ4v) is 2.78. The number of alkyl carbamates (subject to hydrolysis) is 1. The molecule has 32 heavy (non-hydrogen) atoms. The number of carbonyl (C=O) groups is 3. The number of nitrogens with one attached hydrogen (secondary N) is 2. The van der Waals surface area contributed by atoms with E-state index in [0.717, 1.165) is 11.8 Å². The van der Waals surface area contributed by atoms with E-state index in [9.17, 15) is 14.4 Å². The van der Waals surface area contributed by atoms with Crippen molar-refractivity contribution in [3.63, 3.8) is 0 Å². The van der Waals surface area contributed by atoms with E-state index in [1.165, 1.54) is 0 Å². The Balaban J connectivity index is 1.62. The van der Waals surface area contributed by atoms with Crippen molar-refractivity contribution in [2.75, 3.05) is 26.4 Å². The van der Waals surface area contributed by atoms with Gasteiger partial charge in [0.2, 0.25) is 5.91 Å². The van der Waals surface area contributed by atoms with E-state index < -0.39 is 12.1 Å². The molecule has 8 heteroatoms. The van der Waals surface area contributed by atoms with Gasteiger partial charge in [0.25, 0.3) is 0 Å². The van der Waals surface area contributed by atoms with Gasteiger partial charge in [-0.1, -0.05) is 56.3 Å². The van der Waals surface area contributed by atoms with Gasteiger partial charge in [0.15, 0.2) is 0 Å². The summed E-state index contributed by atoms with van der Waals surface area (Å²) in [6.45, 7) is 5.06. The summed E-state index contributed by atoms with van der Waals surface area (Å²) in [4.78, 5) is 35.3. The number of hydrogen-bond acceptors (Lipinski definition) is 6. The molecule has 0 heterocycles. The van der Waals surface area contributed by atoms with Crippen molar-refractivity contribution in [3.05, 3.63) is 65.7 Å². The summed E-state index contributed by atoms with van der Waals surface area (Å²) < 4.78 is 16.2. The van der Waals surface area contributed by atoms with Crippen LogP contribution in [0.2, 0.25) is 0 Å². The zero-order valence-corrected chi connectivity index (χ0v) is 18.4. The maximum absolute atomic E-state index is 12.4. The van der Waals surface area contributed by atoms with Crippen LogP contribution in [0.5, 0.6) is 5.75 Å². The molecule has 0 saturated carbocycles. The van der Waals surface area contributed by atoms with E-state index in [1.54, 1.807) is 24.3 Å². The van der Waals surface area contributed by atoms with Gasteiger partial charge in [0.05, 0.1) is 13.2 Å². The van der Waals surface area contributed by atoms with Crippen LogP contribution in [0.25, 0.3) is 0 Å². The fourth-order valence-electron chi connectivity index (χ4n) is 2.78. The molecule has 2 N–H and O–H groups in total. The summed E-state index contributed by atoms with van der Waals surface area (Å²) >= 11 is 0. The number of aldehydes is 1. The molecule has 2 aromatic carbocycles. The minimum atomic E-state index is -0.716. The standard InChI is InChI=1S/C24H30N2O6/c1-18(2)22(26-24(29)32-17-19-7-4-3-5-8-19)23(28)25-11-12-30-13-14-31-21-10-6-9-20(15-21)16-27/h3-10,15-16,18,22H,11-14,17H2,1-2H3,(H,25,28)(H,26,29)/t22-/m0/s1. The average Bonchev–Trinajstić information content (AvgIpc) is 2.81. The van der Waals surface area contributed by atoms with Gasteiger partial charge in [-0.3, -0.25) is 9.59 Å². The Morgan fingerprint density at radius 2 is 1.78 bits per heavy atom. The zero-order chi connectivity index (χ0) is 23.2. The van der Waals surface area contributed by atoms with E-state index in [-0.39, 0.29) is 18.4 Å². The van der Waals surface area contributed by atoms with Crippen LogP contribution < -0.4 is 15.4 Å². The predicted molar refractivity (Wildman–Crippen MR) is 120 cm³/mol. The van der Waals surface area contributed by atoms with E-state index in [2.05, 4.69) is 10.6 Å². The van der Waals surface area contributed by atoms with Gasteiger partial charge in [0.1, 0.15) is 31.3 Å². The van der Waals surface area contributed by atoms with Crippen LogP contribution in [0.15, 0.2) is 54.6 Å². The molecule has 1 atom stereocenters. The quantitative estimate of drug-likeness (QED) is 0.365. The van der Waals surface area contributed by atoms with Gasteiger partial charge in [-0.25, -0.2) is 4.79 Å². The smallest absolute Gasteiger partial charge is 0.408 e. The lowest BCUT2D eigenvalue weighted by molar-refractivity contribution is -0.124. The molecule has 8 nitrogen and oxygen atoms in total. The SMILES string of the molecule is CC(C)[C@H](NC(=O)OCc1ccccc1)C(=O)NCCOCCOc1cccc(C=O)c1. The van der Waals surface area contributed by atoms with Gasteiger partial charge in [-0.2, -0.15) is 0 Å². The Hall–Kier alpha value is -3.39. The molecular formula is C24H30N2O6. The molecule has 0 spiro atoms. The van der Waals surface area contributed by atoms with E-state index in [4.69, 9.17) is 14.2 Å². The van der Waals surface area contributed by atoms with Crippen LogP contribution in [-0.2, 0) is 20.9 Å². The highest BCUT2D eigenvalue weighted by Gasteiger charge is 2.24. The molecule has 0 radical (unpaired) electrons. The average molecular weight is 443 g/mol. The van der Waals surface area contributed by atoms with Crippen molar-refractivity contribution in [1.82, 2.24) is 10.6 Å². The van der Waals surface area contributed by atoms with Crippen molar-refractivity contribution in [2.45, 2.75) is 26.5 Å². The minimum Gasteiger partial charge on any atom is -0.491 e. The van der Waals surface area contributed by atoms with Crippen molar-refractivity contribution in [3.8, 4) is 5.75 Å². The lowest BCUT2D eigenvalue weighted by atomic mass is 10.0. The highest BCUT2D eigenvalue weighted by atomic mass is 16.5. The molecule has 2 aromatic rings. The zero-order valence-electron chi connectivity index (χ0n) is 18.4. The third-order valence-corrected chi connectivity index (χ3v) is 4.47. The second-order valence-electron chi connectivity index (χ2n) is 7.37. The summed E-state index contributed by atoms with van der Waals surface area (Å²) in [5.74, 6) is 0.175. The first kappa shape index (κ1) is 24.9. The van der Waals surface area contributed by atoms with E-state index in [0.29, 0.717) is 37.7 Å². The first-order valence-electron chi connectivity index (χ1n) is 10.5. The first-order valence-corrected chi connectivity index (χ1v) is 10.5. The number of hydrogen-bond donors (Lipinski definition) is 2. The Morgan fingerprint density at radius 1 is 1.00 bits per heavy atom. The Bertz CT molecular complexity index is 857. The summed E-state index contributed by atoms with van der Waals surface area (Å²) in [7, 11) is 0. The molecule has 0 fully saturated rings. The van der Waals surface area contributed by atoms with Gasteiger partial charge in [0, 0.05) is 12.1 Å². The van der Waals surface area contributed by atoms with Crippen LogP contribution in [0.4, 0.5) is 4.79 Å². The lowest BCUT2D eigenvalue weighted by Gasteiger charge is -2.21. The number of benzene rings is 2. The second kappa shape index (κ2) is 13.8. The van der Waals surface area contributed by atoms with Crippen LogP contribution in [0, 0.1) is 5.92 Å². The number of amides is 2. The Labute approximate surface area is 188 Å². The van der Waals surface area contributed by atoms with Crippen molar-refractivity contribution in [1.29, 1.82) is 0 Å². The molecule has 0 aliphatic heterocycles. The highest BCUT2D eigenvalue weighted by molar-refractivity contribution is 5.85. The Kier molecular flexibility index (Phi) is 10.7. The molecule has 0 aliphatic carbocycles. The molecule has 0 aromatic heterocycles. The predicted octanol–water partition coefficient (Wildman–Crippen LogP) is 2.96. The Morgan fingerprint density at radius 3 is 2.50 bits per heavy atom. The number of ether oxygens (including phenoxy) is 3. The summed E-state index contributed by atoms with van der Waals surface area (Å²) in [5, 5.41) is 5.37. The largest absolute Gasteiger partial charge is 0.491 e. The van der Waals surface area contributed by atoms with Crippen molar-refractivity contribution < 1.29 is 28.6 Å². The molecular weight excluding hydrogens is 412 g/mol. The van der Waals surface area contributed by atoms with Crippen molar-refractivity contribution in [2.24, 2.45) is 5.92 Å². The topological polar surface area (TPSA) is 103 Å². The summed E-state index contributed by atoms with van der Waals surface area (Å²) in [6.07, 6.45) is 0.114. The van der Waals surface area contributed by atoms with E-state index >= 15 is 0 Å². The van der Waals surface area contributed by atoms with Crippen LogP contribution in [-0.4, -0.2) is 50.7 Å². The summed E-state index contributed by atoms with van der Waals surface area (Å²) in [5.41, 5.74) is 1.41. The molecule has 0 unspecified atom stereocenters. The maximum Gasteiger partial charge on any atom is 0.408 e. The van der Waals surface area contributed by atoms with Gasteiger partial charge < -0.3 is 24.8 Å². The van der Waals surface area contributed by atoms with Gasteiger partial charge in [-0.05, 0) is 23.6 Å². The highest BCUT2D eigenvalue weighted by Crippen LogP contribution is 2.11. The summed E-state index contributed by atoms with van der Waals surface area (Å²) in [6, 6.07) is 15.4. The third-order valence-electron chi connectivity index (χ3n) is 4.47. The monoisotopic (exact) mass is 442 g/mol. The molecule has 0 aliphatic rings. The van der Waals surface area contributed by atoms with Gasteiger partial charge in [-0.15, -0.1) is 0 Å². The second-order valence-corrected chi connectivity index (χ2v) is 7.37. The molecule has 0 saturated heterocycles. The van der Waals surface area contributed by atoms with Gasteiger partial charge >= 0.3 is 6.09 Å². The molecule has 2 amide bonds. The van der Waals surface area contributed by atoms with Crippen LogP contribution in [0.3, 0.4) is 0 Å². The number of carbonyl (C=O) groups excluding carboxylic acids is 3. The molecule has 172 valence electrons. The normalized spacial score (nSPS) is 11.5.